The van der Waals surface area contributed by atoms with E-state index in [0.717, 1.165) is 6.42 Å². The molecule has 0 atom stereocenters. The molecule has 0 aliphatic heterocycles. The Morgan fingerprint density at radius 2 is 2.08 bits per heavy atom. The van der Waals surface area contributed by atoms with Gasteiger partial charge in [0.2, 0.25) is 5.91 Å². The zero-order valence-corrected chi connectivity index (χ0v) is 7.54. The van der Waals surface area contributed by atoms with E-state index in [1.165, 1.54) is 0 Å². The van der Waals surface area contributed by atoms with E-state index >= 15 is 0 Å². The number of halogens is 1. The molecule has 0 aromatic heterocycles. The maximum Gasteiger partial charge on any atom is 0.246 e. The number of carbonyl (C=O) groups is 1. The number of carbonyl (C=O) groups excluding carboxylic acids is 1. The summed E-state index contributed by atoms with van der Waals surface area (Å²) < 4.78 is 0. The molecule has 1 amide bonds. The molecule has 3 N–H and O–H groups in total. The van der Waals surface area contributed by atoms with Crippen LogP contribution in [0.2, 0.25) is 0 Å². The van der Waals surface area contributed by atoms with Gasteiger partial charge < -0.3 is 11.1 Å². The smallest absolute Gasteiger partial charge is 0.246 e. The van der Waals surface area contributed by atoms with Crippen LogP contribution in [0.3, 0.4) is 0 Å². The number of amides is 1. The van der Waals surface area contributed by atoms with E-state index in [0.29, 0.717) is 18.7 Å². The zero-order valence-electron chi connectivity index (χ0n) is 6.72. The average Bonchev–Trinajstić information content (AvgIpc) is 1.88. The minimum absolute atomic E-state index is 0. The molecule has 0 rings (SSSR count). The fraction of sp³-hybridized carbons (Fsp3) is 0.625. The predicted octanol–water partition coefficient (Wildman–Crippen LogP) is 1.09. The van der Waals surface area contributed by atoms with Crippen molar-refractivity contribution in [3.05, 3.63) is 12.2 Å². The van der Waals surface area contributed by atoms with Crippen LogP contribution in [-0.4, -0.2) is 19.0 Å². The van der Waals surface area contributed by atoms with Crippen molar-refractivity contribution >= 4 is 18.3 Å². The van der Waals surface area contributed by atoms with Gasteiger partial charge in [0.1, 0.15) is 0 Å². The molecule has 0 aromatic rings. The summed E-state index contributed by atoms with van der Waals surface area (Å²) in [5.41, 5.74) is 5.76. The van der Waals surface area contributed by atoms with Gasteiger partial charge in [-0.15, -0.1) is 12.4 Å². The second-order valence-corrected chi connectivity index (χ2v) is 2.18. The Hall–Kier alpha value is -0.540. The Labute approximate surface area is 80.8 Å². The van der Waals surface area contributed by atoms with Gasteiger partial charge >= 0.3 is 0 Å². The number of hydrogen-bond acceptors (Lipinski definition) is 2. The summed E-state index contributed by atoms with van der Waals surface area (Å²) in [6.45, 7) is 6.42. The Bertz CT molecular complexity index is 137. The molecule has 0 aromatic carbocycles. The molecule has 0 aliphatic carbocycles. The van der Waals surface area contributed by atoms with Gasteiger partial charge in [-0.3, -0.25) is 4.79 Å². The van der Waals surface area contributed by atoms with Crippen molar-refractivity contribution in [2.24, 2.45) is 5.73 Å². The molecule has 0 spiro atoms. The molecule has 0 heterocycles. The summed E-state index contributed by atoms with van der Waals surface area (Å²) in [6.07, 6.45) is 0.818. The quantitative estimate of drug-likeness (QED) is 0.520. The summed E-state index contributed by atoms with van der Waals surface area (Å²) in [6, 6.07) is 0. The predicted molar refractivity (Wildman–Crippen MR) is 55.5 cm³/mol. The lowest BCUT2D eigenvalue weighted by Crippen LogP contribution is -2.26. The number of hydrogen-bond donors (Lipinski definition) is 2. The third kappa shape index (κ3) is 9.46. The number of nitrogens with two attached hydrogens (primary N) is 1. The van der Waals surface area contributed by atoms with Crippen LogP contribution in [-0.2, 0) is 4.79 Å². The summed E-state index contributed by atoms with van der Waals surface area (Å²) in [5.74, 6) is -0.0894. The highest BCUT2D eigenvalue weighted by Gasteiger charge is 1.97. The lowest BCUT2D eigenvalue weighted by Gasteiger charge is -2.01. The van der Waals surface area contributed by atoms with E-state index in [4.69, 9.17) is 5.73 Å². The first-order valence-corrected chi connectivity index (χ1v) is 3.32. The van der Waals surface area contributed by atoms with Gasteiger partial charge in [0.05, 0.1) is 0 Å². The Balaban J connectivity index is -0.000000405. The molecule has 0 fully saturated rings. The fourth-order valence-electron chi connectivity index (χ4n) is 0.455. The standard InChI is InChI=1S/C7H14N2O.CH4.ClH/c1-6(2)7(10)9-5-3-4-8;;/h1,3-5,8H2,2H3,(H,9,10);1H4;1H. The molecular weight excluding hydrogens is 176 g/mol. The summed E-state index contributed by atoms with van der Waals surface area (Å²) in [5, 5.41) is 2.66. The van der Waals surface area contributed by atoms with Crippen LogP contribution < -0.4 is 11.1 Å². The monoisotopic (exact) mass is 194 g/mol. The van der Waals surface area contributed by atoms with Gasteiger partial charge in [0.15, 0.2) is 0 Å². The molecule has 0 saturated heterocycles. The largest absolute Gasteiger partial charge is 0.352 e. The van der Waals surface area contributed by atoms with Gasteiger partial charge in [-0.05, 0) is 19.9 Å². The maximum atomic E-state index is 10.8. The van der Waals surface area contributed by atoms with Crippen LogP contribution in [0.25, 0.3) is 0 Å². The van der Waals surface area contributed by atoms with E-state index in [1.54, 1.807) is 6.92 Å². The number of nitrogens with one attached hydrogen (secondary N) is 1. The second-order valence-electron chi connectivity index (χ2n) is 2.18. The molecule has 0 radical (unpaired) electrons. The highest BCUT2D eigenvalue weighted by molar-refractivity contribution is 5.91. The molecule has 12 heavy (non-hydrogen) atoms. The highest BCUT2D eigenvalue weighted by atomic mass is 35.5. The zero-order chi connectivity index (χ0) is 7.98. The van der Waals surface area contributed by atoms with Crippen molar-refractivity contribution in [2.45, 2.75) is 20.8 Å². The molecule has 0 saturated carbocycles. The first kappa shape index (κ1) is 17.5. The lowest BCUT2D eigenvalue weighted by molar-refractivity contribution is -0.117. The van der Waals surface area contributed by atoms with Crippen LogP contribution in [0.4, 0.5) is 0 Å². The SMILES string of the molecule is C.C=C(C)C(=O)NCCCN.Cl. The third-order valence-corrected chi connectivity index (χ3v) is 1.05. The highest BCUT2D eigenvalue weighted by Crippen LogP contribution is 1.84. The van der Waals surface area contributed by atoms with Crippen LogP contribution >= 0.6 is 12.4 Å². The van der Waals surface area contributed by atoms with E-state index in [-0.39, 0.29) is 25.7 Å². The van der Waals surface area contributed by atoms with Gasteiger partial charge in [0, 0.05) is 12.1 Å². The van der Waals surface area contributed by atoms with Crippen LogP contribution in [0.5, 0.6) is 0 Å². The van der Waals surface area contributed by atoms with Gasteiger partial charge in [-0.25, -0.2) is 0 Å². The summed E-state index contributed by atoms with van der Waals surface area (Å²) in [7, 11) is 0. The second kappa shape index (κ2) is 10.5. The Morgan fingerprint density at radius 3 is 2.42 bits per heavy atom. The van der Waals surface area contributed by atoms with Gasteiger partial charge in [-0.2, -0.15) is 0 Å². The molecule has 0 bridgehead atoms. The lowest BCUT2D eigenvalue weighted by atomic mass is 10.3. The first-order valence-electron chi connectivity index (χ1n) is 3.32. The minimum Gasteiger partial charge on any atom is -0.352 e. The molecular formula is C8H19ClN2O. The Morgan fingerprint density at radius 1 is 1.58 bits per heavy atom. The van der Waals surface area contributed by atoms with Gasteiger partial charge in [0.25, 0.3) is 0 Å². The molecule has 3 nitrogen and oxygen atoms in total. The van der Waals surface area contributed by atoms with Crippen LogP contribution in [0.1, 0.15) is 20.8 Å². The van der Waals surface area contributed by atoms with Crippen LogP contribution in [0.15, 0.2) is 12.2 Å². The van der Waals surface area contributed by atoms with Crippen molar-refractivity contribution in [3.8, 4) is 0 Å². The normalized spacial score (nSPS) is 7.50. The van der Waals surface area contributed by atoms with Crippen molar-refractivity contribution < 1.29 is 4.79 Å². The molecule has 0 aliphatic rings. The molecule has 74 valence electrons. The van der Waals surface area contributed by atoms with Crippen molar-refractivity contribution in [2.75, 3.05) is 13.1 Å². The average molecular weight is 195 g/mol. The molecule has 4 heteroatoms. The third-order valence-electron chi connectivity index (χ3n) is 1.05. The van der Waals surface area contributed by atoms with E-state index in [9.17, 15) is 4.79 Å². The van der Waals surface area contributed by atoms with E-state index in [1.807, 2.05) is 0 Å². The number of rotatable bonds is 4. The fourth-order valence-corrected chi connectivity index (χ4v) is 0.455. The van der Waals surface area contributed by atoms with E-state index < -0.39 is 0 Å². The summed E-state index contributed by atoms with van der Waals surface area (Å²) >= 11 is 0. The van der Waals surface area contributed by atoms with Crippen LogP contribution in [0, 0.1) is 0 Å². The summed E-state index contributed by atoms with van der Waals surface area (Å²) in [4.78, 5) is 10.8. The topological polar surface area (TPSA) is 55.1 Å². The van der Waals surface area contributed by atoms with Gasteiger partial charge in [-0.1, -0.05) is 14.0 Å². The van der Waals surface area contributed by atoms with Crippen molar-refractivity contribution in [1.29, 1.82) is 0 Å². The minimum atomic E-state index is -0.0894. The van der Waals surface area contributed by atoms with E-state index in [2.05, 4.69) is 11.9 Å². The first-order chi connectivity index (χ1) is 4.68. The Kier molecular flexibility index (Phi) is 15.3. The van der Waals surface area contributed by atoms with Crippen molar-refractivity contribution in [1.82, 2.24) is 5.32 Å². The van der Waals surface area contributed by atoms with Crippen molar-refractivity contribution in [3.63, 3.8) is 0 Å². The molecule has 0 unspecified atom stereocenters. The maximum absolute atomic E-state index is 10.8.